The molecule has 1 fully saturated rings. The van der Waals surface area contributed by atoms with Gasteiger partial charge in [0.05, 0.1) is 9.92 Å². The van der Waals surface area contributed by atoms with Gasteiger partial charge in [-0.05, 0) is 30.3 Å². The van der Waals surface area contributed by atoms with Gasteiger partial charge in [-0.15, -0.1) is 0 Å². The number of benzene rings is 2. The molecule has 0 N–H and O–H groups in total. The van der Waals surface area contributed by atoms with Crippen molar-refractivity contribution in [3.8, 4) is 0 Å². The highest BCUT2D eigenvalue weighted by atomic mass is 35.5. The number of hydrogen-bond donors (Lipinski definition) is 0. The monoisotopic (exact) mass is 414 g/mol. The maximum absolute atomic E-state index is 13.0. The summed E-state index contributed by atoms with van der Waals surface area (Å²) in [6, 6.07) is 13.5. The Labute approximate surface area is 159 Å². The Morgan fingerprint density at radius 3 is 2.08 bits per heavy atom. The van der Waals surface area contributed by atoms with Gasteiger partial charge in [-0.2, -0.15) is 4.31 Å². The van der Waals surface area contributed by atoms with Crippen molar-refractivity contribution < 1.29 is 16.8 Å². The highest BCUT2D eigenvalue weighted by Gasteiger charge is 2.31. The zero-order valence-electron chi connectivity index (χ0n) is 14.2. The van der Waals surface area contributed by atoms with Crippen LogP contribution in [0, 0.1) is 0 Å². The predicted octanol–water partition coefficient (Wildman–Crippen LogP) is 2.25. The first kappa shape index (κ1) is 19.2. The molecule has 26 heavy (non-hydrogen) atoms. The van der Waals surface area contributed by atoms with E-state index in [9.17, 15) is 16.8 Å². The van der Waals surface area contributed by atoms with Crippen LogP contribution in [0.1, 0.15) is 0 Å². The number of para-hydroxylation sites is 1. The number of piperazine rings is 1. The molecule has 1 saturated heterocycles. The zero-order chi connectivity index (χ0) is 18.9. The maximum atomic E-state index is 13.0. The molecule has 1 aliphatic rings. The molecule has 0 amide bonds. The average molecular weight is 415 g/mol. The van der Waals surface area contributed by atoms with Gasteiger partial charge in [0.15, 0.2) is 9.84 Å². The van der Waals surface area contributed by atoms with Gasteiger partial charge in [-0.1, -0.05) is 29.8 Å². The number of halogens is 1. The van der Waals surface area contributed by atoms with Crippen LogP contribution in [0.25, 0.3) is 0 Å². The third kappa shape index (κ3) is 3.88. The van der Waals surface area contributed by atoms with Crippen molar-refractivity contribution >= 4 is 37.1 Å². The molecule has 6 nitrogen and oxygen atoms in total. The molecular weight excluding hydrogens is 396 g/mol. The molecule has 0 aromatic heterocycles. The fourth-order valence-electron chi connectivity index (χ4n) is 2.88. The van der Waals surface area contributed by atoms with Crippen LogP contribution in [0.4, 0.5) is 5.69 Å². The van der Waals surface area contributed by atoms with Gasteiger partial charge >= 0.3 is 0 Å². The van der Waals surface area contributed by atoms with Crippen LogP contribution in [0.15, 0.2) is 58.3 Å². The Hall–Kier alpha value is -1.61. The van der Waals surface area contributed by atoms with Crippen LogP contribution in [0.5, 0.6) is 0 Å². The molecule has 1 aliphatic heterocycles. The summed E-state index contributed by atoms with van der Waals surface area (Å²) in [6.07, 6.45) is 1.03. The highest BCUT2D eigenvalue weighted by Crippen LogP contribution is 2.28. The van der Waals surface area contributed by atoms with Gasteiger partial charge < -0.3 is 4.90 Å². The van der Waals surface area contributed by atoms with Crippen molar-refractivity contribution in [2.24, 2.45) is 0 Å². The van der Waals surface area contributed by atoms with E-state index in [0.717, 1.165) is 18.0 Å². The Bertz CT molecular complexity index is 1000. The number of rotatable bonds is 4. The van der Waals surface area contributed by atoms with Gasteiger partial charge in [0.2, 0.25) is 10.0 Å². The van der Waals surface area contributed by atoms with Crippen LogP contribution < -0.4 is 4.90 Å². The summed E-state index contributed by atoms with van der Waals surface area (Å²) in [5.74, 6) is 0. The van der Waals surface area contributed by atoms with E-state index in [1.54, 1.807) is 0 Å². The van der Waals surface area contributed by atoms with Crippen molar-refractivity contribution in [3.05, 3.63) is 53.6 Å². The normalized spacial score (nSPS) is 16.6. The molecular formula is C17H19ClN2O4S2. The molecule has 3 rings (SSSR count). The van der Waals surface area contributed by atoms with E-state index in [0.29, 0.717) is 26.2 Å². The van der Waals surface area contributed by atoms with Crippen molar-refractivity contribution in [3.63, 3.8) is 0 Å². The van der Waals surface area contributed by atoms with Crippen molar-refractivity contribution in [2.75, 3.05) is 37.3 Å². The quantitative estimate of drug-likeness (QED) is 0.767. The van der Waals surface area contributed by atoms with Crippen LogP contribution >= 0.6 is 11.6 Å². The van der Waals surface area contributed by atoms with E-state index in [4.69, 9.17) is 11.6 Å². The van der Waals surface area contributed by atoms with Crippen molar-refractivity contribution in [1.82, 2.24) is 4.31 Å². The van der Waals surface area contributed by atoms with E-state index < -0.39 is 19.9 Å². The first-order valence-electron chi connectivity index (χ1n) is 7.99. The molecule has 0 saturated carbocycles. The second-order valence-corrected chi connectivity index (χ2v) is 10.4. The fourth-order valence-corrected chi connectivity index (χ4v) is 5.52. The first-order chi connectivity index (χ1) is 12.2. The van der Waals surface area contributed by atoms with E-state index in [1.807, 2.05) is 30.3 Å². The second kappa shape index (κ2) is 7.19. The van der Waals surface area contributed by atoms with E-state index in [2.05, 4.69) is 4.90 Å². The molecule has 0 radical (unpaired) electrons. The SMILES string of the molecule is CS(=O)(=O)c1ccc(Cl)c(S(=O)(=O)N2CCN(c3ccccc3)CC2)c1. The summed E-state index contributed by atoms with van der Waals surface area (Å²) < 4.78 is 50.7. The van der Waals surface area contributed by atoms with Crippen LogP contribution in [0.3, 0.4) is 0 Å². The zero-order valence-corrected chi connectivity index (χ0v) is 16.6. The minimum absolute atomic E-state index is 0.0166. The van der Waals surface area contributed by atoms with E-state index in [-0.39, 0.29) is 14.8 Å². The summed E-state index contributed by atoms with van der Waals surface area (Å²) in [6.45, 7) is 1.70. The maximum Gasteiger partial charge on any atom is 0.244 e. The summed E-state index contributed by atoms with van der Waals surface area (Å²) in [7, 11) is -7.40. The summed E-state index contributed by atoms with van der Waals surface area (Å²) in [4.78, 5) is 1.87. The number of anilines is 1. The average Bonchev–Trinajstić information content (AvgIpc) is 2.62. The third-order valence-electron chi connectivity index (χ3n) is 4.31. The number of nitrogens with zero attached hydrogens (tertiary/aromatic N) is 2. The molecule has 140 valence electrons. The standard InChI is InChI=1S/C17H19ClN2O4S2/c1-25(21,22)15-7-8-16(18)17(13-15)26(23,24)20-11-9-19(10-12-20)14-5-3-2-4-6-14/h2-8,13H,9-12H2,1H3. The first-order valence-corrected chi connectivity index (χ1v) is 11.7. The molecule has 0 atom stereocenters. The lowest BCUT2D eigenvalue weighted by molar-refractivity contribution is 0.385. The Morgan fingerprint density at radius 1 is 0.885 bits per heavy atom. The number of hydrogen-bond acceptors (Lipinski definition) is 5. The van der Waals surface area contributed by atoms with Gasteiger partial charge in [0, 0.05) is 38.1 Å². The van der Waals surface area contributed by atoms with Crippen LogP contribution in [-0.2, 0) is 19.9 Å². The van der Waals surface area contributed by atoms with E-state index in [1.165, 1.54) is 16.4 Å². The summed E-state index contributed by atoms with van der Waals surface area (Å²) in [5, 5.41) is 0.0166. The Morgan fingerprint density at radius 2 is 1.50 bits per heavy atom. The van der Waals surface area contributed by atoms with Crippen LogP contribution in [-0.4, -0.2) is 53.6 Å². The second-order valence-electron chi connectivity index (χ2n) is 6.09. The summed E-state index contributed by atoms with van der Waals surface area (Å²) in [5.41, 5.74) is 1.04. The molecule has 9 heteroatoms. The van der Waals surface area contributed by atoms with Crippen LogP contribution in [0.2, 0.25) is 5.02 Å². The van der Waals surface area contributed by atoms with Gasteiger partial charge in [0.1, 0.15) is 4.90 Å². The molecule has 0 unspecified atom stereocenters. The third-order valence-corrected chi connectivity index (χ3v) is 7.80. The number of sulfone groups is 1. The van der Waals surface area contributed by atoms with Gasteiger partial charge in [-0.25, -0.2) is 16.8 Å². The largest absolute Gasteiger partial charge is 0.369 e. The molecule has 2 aromatic rings. The lowest BCUT2D eigenvalue weighted by Gasteiger charge is -2.35. The molecule has 1 heterocycles. The summed E-state index contributed by atoms with van der Waals surface area (Å²) >= 11 is 6.06. The molecule has 0 bridgehead atoms. The minimum atomic E-state index is -3.87. The van der Waals surface area contributed by atoms with Crippen molar-refractivity contribution in [2.45, 2.75) is 9.79 Å². The minimum Gasteiger partial charge on any atom is -0.369 e. The highest BCUT2D eigenvalue weighted by molar-refractivity contribution is 7.91. The van der Waals surface area contributed by atoms with E-state index >= 15 is 0 Å². The molecule has 0 spiro atoms. The topological polar surface area (TPSA) is 74.8 Å². The smallest absolute Gasteiger partial charge is 0.244 e. The Kier molecular flexibility index (Phi) is 5.30. The number of sulfonamides is 1. The van der Waals surface area contributed by atoms with Gasteiger partial charge in [0.25, 0.3) is 0 Å². The predicted molar refractivity (Wildman–Crippen MR) is 102 cm³/mol. The lowest BCUT2D eigenvalue weighted by Crippen LogP contribution is -2.48. The lowest BCUT2D eigenvalue weighted by atomic mass is 10.2. The fraction of sp³-hybridized carbons (Fsp3) is 0.294. The molecule has 0 aliphatic carbocycles. The Balaban J connectivity index is 1.84. The molecule has 2 aromatic carbocycles. The van der Waals surface area contributed by atoms with Gasteiger partial charge in [-0.3, -0.25) is 0 Å². The van der Waals surface area contributed by atoms with Crippen molar-refractivity contribution in [1.29, 1.82) is 0 Å².